The summed E-state index contributed by atoms with van der Waals surface area (Å²) in [5.74, 6) is -3.09. The molecule has 2 aliphatic heterocycles. The summed E-state index contributed by atoms with van der Waals surface area (Å²) < 4.78 is 41.0. The lowest BCUT2D eigenvalue weighted by Crippen LogP contribution is -2.41. The van der Waals surface area contributed by atoms with Crippen LogP contribution in [-0.4, -0.2) is 57.4 Å². The van der Waals surface area contributed by atoms with E-state index in [4.69, 9.17) is 5.73 Å². The van der Waals surface area contributed by atoms with Gasteiger partial charge in [-0.3, -0.25) is 19.3 Å². The minimum Gasteiger partial charge on any atom is -0.478 e. The second kappa shape index (κ2) is 14.5. The van der Waals surface area contributed by atoms with Crippen molar-refractivity contribution in [3.05, 3.63) is 105 Å². The van der Waals surface area contributed by atoms with Crippen LogP contribution in [0.3, 0.4) is 0 Å². The number of alkyl halides is 3. The number of carbonyl (C=O) groups excluding carboxylic acids is 4. The molecular formula is C38H36F3N7O6. The molecule has 1 aromatic heterocycles. The summed E-state index contributed by atoms with van der Waals surface area (Å²) in [6.07, 6.45) is -2.32. The van der Waals surface area contributed by atoms with Gasteiger partial charge in [0, 0.05) is 52.7 Å². The fourth-order valence-corrected chi connectivity index (χ4v) is 6.86. The van der Waals surface area contributed by atoms with E-state index in [1.165, 1.54) is 12.1 Å². The Morgan fingerprint density at radius 2 is 1.61 bits per heavy atom. The second-order valence-corrected chi connectivity index (χ2v) is 13.1. The number of rotatable bonds is 9. The standard InChI is InChI=1S/C38H36F3N7O6/c1-19-9-10-24(43-33(50)22-7-6-8-23(15-22)38(39,40)41)16-28(19)46-37(54)44-25-11-12-26-27(34(51)45-29(26)17-25)18-30-20(2)31(36(52)53)21(3)48(30)35(32(42)49)47-13-4-5-14-47/h6-12,15-18,35H,4-5,13-14H2,1-3H3,(H2,42,49)(H,43,50)(H,45,51)(H,52,53)(H2,44,46,54). The third-order valence-corrected chi connectivity index (χ3v) is 9.48. The zero-order valence-corrected chi connectivity index (χ0v) is 29.4. The van der Waals surface area contributed by atoms with Crippen molar-refractivity contribution >= 4 is 64.1 Å². The summed E-state index contributed by atoms with van der Waals surface area (Å²) in [6, 6.07) is 12.7. The molecule has 13 nitrogen and oxygen atoms in total. The van der Waals surface area contributed by atoms with Crippen molar-refractivity contribution in [2.45, 2.75) is 46.0 Å². The van der Waals surface area contributed by atoms with Crippen LogP contribution in [0.25, 0.3) is 11.6 Å². The van der Waals surface area contributed by atoms with Gasteiger partial charge in [-0.15, -0.1) is 0 Å². The van der Waals surface area contributed by atoms with Crippen molar-refractivity contribution in [1.82, 2.24) is 9.47 Å². The van der Waals surface area contributed by atoms with Gasteiger partial charge in [0.05, 0.1) is 22.4 Å². The molecule has 1 fully saturated rings. The molecule has 6 rings (SSSR count). The van der Waals surface area contributed by atoms with Crippen molar-refractivity contribution < 1.29 is 42.3 Å². The van der Waals surface area contributed by atoms with Gasteiger partial charge >= 0.3 is 18.2 Å². The van der Waals surface area contributed by atoms with Crippen LogP contribution in [0.1, 0.15) is 73.4 Å². The highest BCUT2D eigenvalue weighted by atomic mass is 19.4. The highest BCUT2D eigenvalue weighted by Gasteiger charge is 2.35. The molecule has 280 valence electrons. The van der Waals surface area contributed by atoms with Crippen molar-refractivity contribution in [1.29, 1.82) is 0 Å². The minimum atomic E-state index is -4.61. The highest BCUT2D eigenvalue weighted by molar-refractivity contribution is 6.35. The Labute approximate surface area is 307 Å². The number of anilines is 4. The molecule has 54 heavy (non-hydrogen) atoms. The lowest BCUT2D eigenvalue weighted by Gasteiger charge is -2.29. The number of fused-ring (bicyclic) bond motifs is 1. The van der Waals surface area contributed by atoms with Crippen molar-refractivity contribution in [3.8, 4) is 0 Å². The van der Waals surface area contributed by atoms with Gasteiger partial charge in [0.15, 0.2) is 6.17 Å². The van der Waals surface area contributed by atoms with E-state index in [1.54, 1.807) is 61.7 Å². The van der Waals surface area contributed by atoms with Gasteiger partial charge in [-0.2, -0.15) is 13.2 Å². The van der Waals surface area contributed by atoms with E-state index in [2.05, 4.69) is 21.3 Å². The molecular weight excluding hydrogens is 707 g/mol. The van der Waals surface area contributed by atoms with E-state index in [9.17, 15) is 42.3 Å². The fraction of sp³-hybridized carbons (Fsp3) is 0.237. The molecule has 16 heteroatoms. The molecule has 3 heterocycles. The van der Waals surface area contributed by atoms with E-state index >= 15 is 0 Å². The van der Waals surface area contributed by atoms with Gasteiger partial charge in [0.25, 0.3) is 17.7 Å². The summed E-state index contributed by atoms with van der Waals surface area (Å²) in [7, 11) is 0. The summed E-state index contributed by atoms with van der Waals surface area (Å²) >= 11 is 0. The Kier molecular flexibility index (Phi) is 10.1. The summed E-state index contributed by atoms with van der Waals surface area (Å²) in [5.41, 5.74) is 8.31. The van der Waals surface area contributed by atoms with E-state index < -0.39 is 47.6 Å². The van der Waals surface area contributed by atoms with Crippen LogP contribution < -0.4 is 27.0 Å². The summed E-state index contributed by atoms with van der Waals surface area (Å²) in [6.45, 7) is 6.12. The molecule has 1 saturated heterocycles. The lowest BCUT2D eigenvalue weighted by atomic mass is 10.0. The van der Waals surface area contributed by atoms with Crippen LogP contribution in [0, 0.1) is 20.8 Å². The number of aromatic carboxylic acids is 1. The average molecular weight is 744 g/mol. The number of likely N-dealkylation sites (tertiary alicyclic amines) is 1. The molecule has 0 saturated carbocycles. The molecule has 0 spiro atoms. The van der Waals surface area contributed by atoms with Crippen LogP contribution in [0.4, 0.5) is 40.7 Å². The van der Waals surface area contributed by atoms with E-state index in [0.717, 1.165) is 31.0 Å². The first-order valence-corrected chi connectivity index (χ1v) is 16.9. The lowest BCUT2D eigenvalue weighted by molar-refractivity contribution is -0.137. The molecule has 1 unspecified atom stereocenters. The van der Waals surface area contributed by atoms with Crippen molar-refractivity contribution in [3.63, 3.8) is 0 Å². The molecule has 3 aromatic carbocycles. The number of hydrogen-bond acceptors (Lipinski definition) is 6. The zero-order valence-electron chi connectivity index (χ0n) is 29.4. The highest BCUT2D eigenvalue weighted by Crippen LogP contribution is 2.38. The topological polar surface area (TPSA) is 188 Å². The number of carbonyl (C=O) groups is 5. The number of carboxylic acids is 1. The molecule has 1 atom stereocenters. The quantitative estimate of drug-likeness (QED) is 0.104. The predicted octanol–water partition coefficient (Wildman–Crippen LogP) is 6.60. The number of carboxylic acid groups (broad SMARTS) is 1. The van der Waals surface area contributed by atoms with Crippen LogP contribution >= 0.6 is 0 Å². The number of aryl methyl sites for hydroxylation is 1. The van der Waals surface area contributed by atoms with Crippen LogP contribution in [-0.2, 0) is 15.8 Å². The van der Waals surface area contributed by atoms with Gasteiger partial charge in [-0.25, -0.2) is 9.59 Å². The maximum atomic E-state index is 13.3. The number of hydrogen-bond donors (Lipinski definition) is 6. The maximum absolute atomic E-state index is 13.3. The number of aromatic nitrogens is 1. The van der Waals surface area contributed by atoms with Gasteiger partial charge in [-0.1, -0.05) is 18.2 Å². The van der Waals surface area contributed by atoms with E-state index in [-0.39, 0.29) is 22.4 Å². The van der Waals surface area contributed by atoms with Gasteiger partial charge in [0.2, 0.25) is 0 Å². The number of primary amides is 1. The van der Waals surface area contributed by atoms with E-state index in [1.807, 2.05) is 4.90 Å². The Morgan fingerprint density at radius 3 is 2.28 bits per heavy atom. The normalized spacial score (nSPS) is 15.4. The number of nitrogens with one attached hydrogen (secondary N) is 4. The van der Waals surface area contributed by atoms with E-state index in [0.29, 0.717) is 58.2 Å². The number of nitrogens with two attached hydrogens (primary N) is 1. The van der Waals surface area contributed by atoms with Crippen LogP contribution in [0.5, 0.6) is 0 Å². The summed E-state index contributed by atoms with van der Waals surface area (Å²) in [4.78, 5) is 66.1. The van der Waals surface area contributed by atoms with Gasteiger partial charge in [0.1, 0.15) is 0 Å². The minimum absolute atomic E-state index is 0.00959. The first kappa shape index (κ1) is 37.3. The van der Waals surface area contributed by atoms with Gasteiger partial charge in [-0.05, 0) is 93.3 Å². The SMILES string of the molecule is Cc1ccc(NC(=O)c2cccc(C(F)(F)F)c2)cc1NC(=O)Nc1ccc2c(c1)NC(=O)C2=Cc1c(C)c(C(=O)O)c(C)n1C(C(N)=O)N1CCCC1. The molecule has 4 aromatic rings. The summed E-state index contributed by atoms with van der Waals surface area (Å²) in [5, 5.41) is 20.7. The predicted molar refractivity (Wildman–Crippen MR) is 196 cm³/mol. The van der Waals surface area contributed by atoms with Crippen molar-refractivity contribution in [2.24, 2.45) is 5.73 Å². The smallest absolute Gasteiger partial charge is 0.416 e. The third kappa shape index (κ3) is 7.41. The third-order valence-electron chi connectivity index (χ3n) is 9.48. The first-order valence-electron chi connectivity index (χ1n) is 16.9. The maximum Gasteiger partial charge on any atom is 0.416 e. The Bertz CT molecular complexity index is 2260. The first-order chi connectivity index (χ1) is 25.5. The molecule has 0 bridgehead atoms. The van der Waals surface area contributed by atoms with Crippen molar-refractivity contribution in [2.75, 3.05) is 34.4 Å². The number of amides is 5. The zero-order chi connectivity index (χ0) is 39.1. The van der Waals surface area contributed by atoms with Gasteiger partial charge < -0.3 is 36.7 Å². The molecule has 0 radical (unpaired) electrons. The number of benzene rings is 3. The molecule has 5 amide bonds. The molecule has 0 aliphatic carbocycles. The Hall–Kier alpha value is -6.42. The monoisotopic (exact) mass is 743 g/mol. The van der Waals surface area contributed by atoms with Crippen LogP contribution in [0.15, 0.2) is 60.7 Å². The largest absolute Gasteiger partial charge is 0.478 e. The second-order valence-electron chi connectivity index (χ2n) is 13.1. The fourth-order valence-electron chi connectivity index (χ4n) is 6.86. The number of halogens is 3. The molecule has 7 N–H and O–H groups in total. The Morgan fingerprint density at radius 1 is 0.926 bits per heavy atom. The molecule has 2 aliphatic rings. The average Bonchev–Trinajstić information content (AvgIpc) is 3.79. The Balaban J connectivity index is 1.22. The van der Waals surface area contributed by atoms with Crippen LogP contribution in [0.2, 0.25) is 0 Å². The number of nitrogens with zero attached hydrogens (tertiary/aromatic N) is 2. The number of urea groups is 1.